The van der Waals surface area contributed by atoms with Crippen LogP contribution in [0, 0.1) is 10.1 Å². The van der Waals surface area contributed by atoms with Crippen LogP contribution >= 0.6 is 0 Å². The molecule has 2 rings (SSSR count). The molecule has 0 amide bonds. The van der Waals surface area contributed by atoms with Crippen molar-refractivity contribution >= 4 is 6.29 Å². The van der Waals surface area contributed by atoms with E-state index >= 15 is 0 Å². The highest BCUT2D eigenvalue weighted by atomic mass is 16.6. The third-order valence-electron chi connectivity index (χ3n) is 2.33. The first-order chi connectivity index (χ1) is 7.24. The molecule has 1 N–H and O–H groups in total. The molecule has 5 nitrogen and oxygen atoms in total. The fourth-order valence-corrected chi connectivity index (χ4v) is 1.64. The normalized spacial score (nSPS) is 22.9. The Morgan fingerprint density at radius 2 is 2.27 bits per heavy atom. The molecule has 1 heterocycles. The summed E-state index contributed by atoms with van der Waals surface area (Å²) in [6, 6.07) is -0.518. The molecule has 0 radical (unpaired) electrons. The molecule has 0 saturated carbocycles. The molecule has 0 aromatic heterocycles. The maximum absolute atomic E-state index is 10.8. The summed E-state index contributed by atoms with van der Waals surface area (Å²) in [5.74, 6) is 0. The predicted molar refractivity (Wildman–Crippen MR) is 53.4 cm³/mol. The SMILES string of the molecule is O=CC1=C([N+](=O)[O-])C2NC=CC=C2C=C1. The summed E-state index contributed by atoms with van der Waals surface area (Å²) in [4.78, 5) is 21.0. The van der Waals surface area contributed by atoms with Crippen LogP contribution in [0.4, 0.5) is 0 Å². The van der Waals surface area contributed by atoms with Crippen molar-refractivity contribution in [3.05, 3.63) is 57.5 Å². The van der Waals surface area contributed by atoms with Gasteiger partial charge >= 0.3 is 0 Å². The lowest BCUT2D eigenvalue weighted by Crippen LogP contribution is -2.35. The lowest BCUT2D eigenvalue weighted by atomic mass is 9.93. The fraction of sp³-hybridized carbons (Fsp3) is 0.100. The number of nitrogens with one attached hydrogen (secondary N) is 1. The van der Waals surface area contributed by atoms with Crippen LogP contribution in [0.2, 0.25) is 0 Å². The number of aldehydes is 1. The molecule has 1 aliphatic heterocycles. The number of rotatable bonds is 2. The Hall–Kier alpha value is -2.17. The monoisotopic (exact) mass is 204 g/mol. The van der Waals surface area contributed by atoms with Crippen LogP contribution in [0.3, 0.4) is 0 Å². The molecule has 0 aromatic carbocycles. The van der Waals surface area contributed by atoms with E-state index in [0.29, 0.717) is 6.29 Å². The van der Waals surface area contributed by atoms with Crippen molar-refractivity contribution in [2.24, 2.45) is 0 Å². The molecule has 0 saturated heterocycles. The summed E-state index contributed by atoms with van der Waals surface area (Å²) in [7, 11) is 0. The molecule has 0 spiro atoms. The molecular weight excluding hydrogens is 196 g/mol. The number of allylic oxidation sites excluding steroid dienone is 4. The number of carbonyl (C=O) groups is 1. The van der Waals surface area contributed by atoms with E-state index < -0.39 is 11.0 Å². The van der Waals surface area contributed by atoms with Gasteiger partial charge in [0, 0.05) is 0 Å². The van der Waals surface area contributed by atoms with Gasteiger partial charge < -0.3 is 5.32 Å². The number of fused-ring (bicyclic) bond motifs is 1. The summed E-state index contributed by atoms with van der Waals surface area (Å²) in [6.07, 6.45) is 8.85. The van der Waals surface area contributed by atoms with Crippen LogP contribution in [-0.2, 0) is 4.79 Å². The highest BCUT2D eigenvalue weighted by Gasteiger charge is 2.33. The molecule has 2 aliphatic rings. The van der Waals surface area contributed by atoms with E-state index in [2.05, 4.69) is 5.32 Å². The minimum atomic E-state index is -0.518. The summed E-state index contributed by atoms with van der Waals surface area (Å²) < 4.78 is 0. The summed E-state index contributed by atoms with van der Waals surface area (Å²) in [6.45, 7) is 0. The van der Waals surface area contributed by atoms with Crippen molar-refractivity contribution in [1.82, 2.24) is 5.32 Å². The number of nitrogens with zero attached hydrogens (tertiary/aromatic N) is 1. The first kappa shape index (κ1) is 9.39. The van der Waals surface area contributed by atoms with E-state index in [4.69, 9.17) is 0 Å². The topological polar surface area (TPSA) is 72.2 Å². The third kappa shape index (κ3) is 1.48. The van der Waals surface area contributed by atoms with Crippen molar-refractivity contribution in [3.63, 3.8) is 0 Å². The molecule has 0 fully saturated rings. The molecule has 1 atom stereocenters. The van der Waals surface area contributed by atoms with Gasteiger partial charge in [-0.2, -0.15) is 0 Å². The average molecular weight is 204 g/mol. The van der Waals surface area contributed by atoms with Gasteiger partial charge in [-0.3, -0.25) is 14.9 Å². The summed E-state index contributed by atoms with van der Waals surface area (Å²) in [5.41, 5.74) is 0.808. The van der Waals surface area contributed by atoms with Gasteiger partial charge in [-0.15, -0.1) is 0 Å². The van der Waals surface area contributed by atoms with Gasteiger partial charge in [0.25, 0.3) is 5.70 Å². The van der Waals surface area contributed by atoms with Crippen molar-refractivity contribution in [2.45, 2.75) is 6.04 Å². The minimum Gasteiger partial charge on any atom is -0.375 e. The van der Waals surface area contributed by atoms with Gasteiger partial charge in [-0.1, -0.05) is 12.2 Å². The van der Waals surface area contributed by atoms with Crippen molar-refractivity contribution in [2.75, 3.05) is 0 Å². The molecule has 1 unspecified atom stereocenters. The Morgan fingerprint density at radius 3 is 2.93 bits per heavy atom. The maximum atomic E-state index is 10.8. The lowest BCUT2D eigenvalue weighted by Gasteiger charge is -2.22. The van der Waals surface area contributed by atoms with Crippen LogP contribution in [-0.4, -0.2) is 17.3 Å². The Bertz CT molecular complexity index is 444. The van der Waals surface area contributed by atoms with Crippen LogP contribution in [0.25, 0.3) is 0 Å². The van der Waals surface area contributed by atoms with Gasteiger partial charge in [-0.25, -0.2) is 0 Å². The number of nitro groups is 1. The number of hydrogen-bond acceptors (Lipinski definition) is 4. The first-order valence-corrected chi connectivity index (χ1v) is 4.38. The number of hydrogen-bond donors (Lipinski definition) is 1. The van der Waals surface area contributed by atoms with E-state index in [1.807, 2.05) is 0 Å². The Morgan fingerprint density at radius 1 is 1.47 bits per heavy atom. The van der Waals surface area contributed by atoms with E-state index in [1.54, 1.807) is 24.4 Å². The van der Waals surface area contributed by atoms with Gasteiger partial charge in [0.15, 0.2) is 6.29 Å². The van der Waals surface area contributed by atoms with Crippen LogP contribution in [0.15, 0.2) is 47.3 Å². The zero-order valence-electron chi connectivity index (χ0n) is 7.71. The quantitative estimate of drug-likeness (QED) is 0.408. The number of dihydropyridines is 1. The second-order valence-electron chi connectivity index (χ2n) is 3.17. The highest BCUT2D eigenvalue weighted by Crippen LogP contribution is 2.25. The predicted octanol–water partition coefficient (Wildman–Crippen LogP) is 0.698. The first-order valence-electron chi connectivity index (χ1n) is 4.38. The maximum Gasteiger partial charge on any atom is 0.283 e. The Kier molecular flexibility index (Phi) is 2.21. The molecule has 15 heavy (non-hydrogen) atoms. The lowest BCUT2D eigenvalue weighted by molar-refractivity contribution is -0.429. The number of carbonyl (C=O) groups excluding carboxylic acids is 1. The van der Waals surface area contributed by atoms with Gasteiger partial charge in [0.05, 0.1) is 10.5 Å². The molecule has 1 aliphatic carbocycles. The highest BCUT2D eigenvalue weighted by molar-refractivity contribution is 5.80. The van der Waals surface area contributed by atoms with Crippen molar-refractivity contribution in [3.8, 4) is 0 Å². The third-order valence-corrected chi connectivity index (χ3v) is 2.33. The van der Waals surface area contributed by atoms with Gasteiger partial charge in [0.1, 0.15) is 6.04 Å². The minimum absolute atomic E-state index is 0.0944. The van der Waals surface area contributed by atoms with Crippen molar-refractivity contribution in [1.29, 1.82) is 0 Å². The molecule has 76 valence electrons. The Labute approximate surface area is 85.6 Å². The largest absolute Gasteiger partial charge is 0.375 e. The van der Waals surface area contributed by atoms with Crippen LogP contribution < -0.4 is 5.32 Å². The molecule has 5 heteroatoms. The van der Waals surface area contributed by atoms with Crippen LogP contribution in [0.5, 0.6) is 0 Å². The van der Waals surface area contributed by atoms with E-state index in [-0.39, 0.29) is 11.3 Å². The second-order valence-corrected chi connectivity index (χ2v) is 3.17. The summed E-state index contributed by atoms with van der Waals surface area (Å²) in [5, 5.41) is 13.7. The fourth-order valence-electron chi connectivity index (χ4n) is 1.64. The second kappa shape index (κ2) is 3.53. The molecule has 0 aromatic rings. The smallest absolute Gasteiger partial charge is 0.283 e. The zero-order valence-corrected chi connectivity index (χ0v) is 7.71. The zero-order chi connectivity index (χ0) is 10.8. The van der Waals surface area contributed by atoms with Gasteiger partial charge in [-0.05, 0) is 23.9 Å². The standard InChI is InChI=1S/C10H8N2O3/c13-6-8-4-3-7-2-1-5-11-9(7)10(8)12(14)15/h1-6,9,11H. The van der Waals surface area contributed by atoms with E-state index in [1.165, 1.54) is 6.08 Å². The van der Waals surface area contributed by atoms with Crippen molar-refractivity contribution < 1.29 is 9.72 Å². The van der Waals surface area contributed by atoms with Gasteiger partial charge in [0.2, 0.25) is 0 Å². The summed E-state index contributed by atoms with van der Waals surface area (Å²) >= 11 is 0. The Balaban J connectivity index is 2.51. The average Bonchev–Trinajstić information content (AvgIpc) is 2.27. The van der Waals surface area contributed by atoms with Crippen LogP contribution in [0.1, 0.15) is 0 Å². The van der Waals surface area contributed by atoms with E-state index in [9.17, 15) is 14.9 Å². The molecule has 0 bridgehead atoms. The molecular formula is C10H8N2O3. The van der Waals surface area contributed by atoms with E-state index in [0.717, 1.165) is 5.57 Å².